The first-order valence-electron chi connectivity index (χ1n) is 5.98. The molecule has 1 unspecified atom stereocenters. The van der Waals surface area contributed by atoms with Gasteiger partial charge in [0.2, 0.25) is 0 Å². The van der Waals surface area contributed by atoms with Crippen LogP contribution in [0.15, 0.2) is 6.07 Å². The van der Waals surface area contributed by atoms with Crippen LogP contribution in [0.25, 0.3) is 0 Å². The molecule has 0 saturated carbocycles. The fraction of sp³-hybridized carbons (Fsp3) is 0.571. The molecule has 17 heavy (non-hydrogen) atoms. The Kier molecular flexibility index (Phi) is 4.82. The minimum absolute atomic E-state index is 0.402. The topological polar surface area (TPSA) is 44.5 Å². The third-order valence-electron chi connectivity index (χ3n) is 3.24. The summed E-state index contributed by atoms with van der Waals surface area (Å²) in [5.74, 6) is 2.21. The smallest absolute Gasteiger partial charge is 0.129 e. The van der Waals surface area contributed by atoms with Gasteiger partial charge in [0, 0.05) is 11.1 Å². The third kappa shape index (κ3) is 2.72. The Labute approximate surface area is 104 Å². The van der Waals surface area contributed by atoms with Crippen molar-refractivity contribution in [2.24, 2.45) is 5.73 Å². The fourth-order valence-corrected chi connectivity index (χ4v) is 2.36. The molecule has 1 aromatic carbocycles. The van der Waals surface area contributed by atoms with E-state index in [4.69, 9.17) is 15.2 Å². The van der Waals surface area contributed by atoms with E-state index in [1.165, 1.54) is 11.1 Å². The molecule has 1 atom stereocenters. The van der Waals surface area contributed by atoms with E-state index >= 15 is 0 Å². The predicted molar refractivity (Wildman–Crippen MR) is 71.1 cm³/mol. The summed E-state index contributed by atoms with van der Waals surface area (Å²) < 4.78 is 10.9. The molecule has 1 aromatic rings. The summed E-state index contributed by atoms with van der Waals surface area (Å²) in [6.45, 7) is 6.99. The summed E-state index contributed by atoms with van der Waals surface area (Å²) in [5.41, 5.74) is 9.14. The molecule has 3 heteroatoms. The van der Waals surface area contributed by atoms with Crippen LogP contribution in [0, 0.1) is 13.8 Å². The van der Waals surface area contributed by atoms with Crippen LogP contribution >= 0.6 is 0 Å². The molecule has 0 saturated heterocycles. The first-order chi connectivity index (χ1) is 8.06. The zero-order chi connectivity index (χ0) is 13.0. The Hall–Kier alpha value is -1.22. The van der Waals surface area contributed by atoms with E-state index in [0.29, 0.717) is 12.5 Å². The Morgan fingerprint density at radius 1 is 1.24 bits per heavy atom. The Balaban J connectivity index is 3.33. The number of hydrogen-bond donors (Lipinski definition) is 1. The summed E-state index contributed by atoms with van der Waals surface area (Å²) in [5, 5.41) is 0. The van der Waals surface area contributed by atoms with Crippen molar-refractivity contribution in [3.8, 4) is 11.5 Å². The lowest BCUT2D eigenvalue weighted by molar-refractivity contribution is 0.382. The fourth-order valence-electron chi connectivity index (χ4n) is 2.36. The average molecular weight is 237 g/mol. The number of ether oxygens (including phenoxy) is 2. The van der Waals surface area contributed by atoms with Crippen LogP contribution in [0.1, 0.15) is 36.0 Å². The predicted octanol–water partition coefficient (Wildman–Crippen LogP) is 2.77. The van der Waals surface area contributed by atoms with E-state index in [1.54, 1.807) is 14.2 Å². The summed E-state index contributed by atoms with van der Waals surface area (Å²) in [4.78, 5) is 0. The molecule has 0 fully saturated rings. The van der Waals surface area contributed by atoms with Gasteiger partial charge >= 0.3 is 0 Å². The molecular weight excluding hydrogens is 214 g/mol. The normalized spacial score (nSPS) is 12.4. The zero-order valence-corrected chi connectivity index (χ0v) is 11.5. The molecule has 96 valence electrons. The van der Waals surface area contributed by atoms with Gasteiger partial charge in [-0.25, -0.2) is 0 Å². The minimum atomic E-state index is 0.402. The van der Waals surface area contributed by atoms with Crippen LogP contribution < -0.4 is 15.2 Å². The number of rotatable bonds is 5. The van der Waals surface area contributed by atoms with E-state index in [9.17, 15) is 0 Å². The second-order valence-electron chi connectivity index (χ2n) is 4.45. The Morgan fingerprint density at radius 3 is 2.35 bits per heavy atom. The maximum absolute atomic E-state index is 5.64. The van der Waals surface area contributed by atoms with Gasteiger partial charge in [-0.05, 0) is 44.4 Å². The van der Waals surface area contributed by atoms with Crippen molar-refractivity contribution in [3.05, 3.63) is 22.8 Å². The lowest BCUT2D eigenvalue weighted by Crippen LogP contribution is -2.08. The van der Waals surface area contributed by atoms with Crippen molar-refractivity contribution < 1.29 is 9.47 Å². The van der Waals surface area contributed by atoms with Crippen molar-refractivity contribution in [3.63, 3.8) is 0 Å². The number of hydrogen-bond acceptors (Lipinski definition) is 3. The molecule has 0 aliphatic heterocycles. The average Bonchev–Trinajstić information content (AvgIpc) is 2.31. The zero-order valence-electron chi connectivity index (χ0n) is 11.5. The summed E-state index contributed by atoms with van der Waals surface area (Å²) >= 11 is 0. The molecule has 3 nitrogen and oxygen atoms in total. The van der Waals surface area contributed by atoms with E-state index in [2.05, 4.69) is 19.9 Å². The highest BCUT2D eigenvalue weighted by molar-refractivity contribution is 5.54. The van der Waals surface area contributed by atoms with Gasteiger partial charge in [0.1, 0.15) is 11.5 Å². The van der Waals surface area contributed by atoms with Gasteiger partial charge in [-0.2, -0.15) is 0 Å². The summed E-state index contributed by atoms with van der Waals surface area (Å²) in [6.07, 6.45) is 0.961. The van der Waals surface area contributed by atoms with Gasteiger partial charge in [-0.3, -0.25) is 0 Å². The second-order valence-corrected chi connectivity index (χ2v) is 4.45. The highest BCUT2D eigenvalue weighted by atomic mass is 16.5. The van der Waals surface area contributed by atoms with Gasteiger partial charge < -0.3 is 15.2 Å². The maximum Gasteiger partial charge on any atom is 0.129 e. The lowest BCUT2D eigenvalue weighted by Gasteiger charge is -2.21. The Bertz CT molecular complexity index is 388. The number of nitrogens with two attached hydrogens (primary N) is 1. The molecule has 0 aliphatic carbocycles. The first kappa shape index (κ1) is 13.8. The molecular formula is C14H23NO2. The van der Waals surface area contributed by atoms with Crippen LogP contribution in [0.5, 0.6) is 11.5 Å². The molecule has 2 N–H and O–H groups in total. The molecule has 1 rings (SSSR count). The lowest BCUT2D eigenvalue weighted by atomic mass is 9.90. The highest BCUT2D eigenvalue weighted by Crippen LogP contribution is 2.39. The van der Waals surface area contributed by atoms with E-state index in [0.717, 1.165) is 23.5 Å². The number of aryl methyl sites for hydroxylation is 1. The van der Waals surface area contributed by atoms with Crippen LogP contribution in [0.3, 0.4) is 0 Å². The molecule has 0 amide bonds. The maximum atomic E-state index is 5.64. The van der Waals surface area contributed by atoms with Crippen LogP contribution in [-0.4, -0.2) is 20.8 Å². The Morgan fingerprint density at radius 2 is 1.88 bits per heavy atom. The second kappa shape index (κ2) is 5.92. The van der Waals surface area contributed by atoms with Gasteiger partial charge in [-0.1, -0.05) is 6.92 Å². The van der Waals surface area contributed by atoms with Gasteiger partial charge in [0.05, 0.1) is 14.2 Å². The van der Waals surface area contributed by atoms with Gasteiger partial charge in [0.15, 0.2) is 0 Å². The van der Waals surface area contributed by atoms with Crippen LogP contribution in [0.2, 0.25) is 0 Å². The molecule has 0 aliphatic rings. The molecule has 0 aromatic heterocycles. The quantitative estimate of drug-likeness (QED) is 0.856. The van der Waals surface area contributed by atoms with Crippen LogP contribution in [0.4, 0.5) is 0 Å². The summed E-state index contributed by atoms with van der Waals surface area (Å²) in [7, 11) is 3.39. The molecule has 0 spiro atoms. The SMILES string of the molecule is COc1cc(C)c(C(C)CCN)c(OC)c1C. The van der Waals surface area contributed by atoms with Crippen LogP contribution in [-0.2, 0) is 0 Å². The van der Waals surface area contributed by atoms with E-state index in [1.807, 2.05) is 6.92 Å². The van der Waals surface area contributed by atoms with Gasteiger partial charge in [0.25, 0.3) is 0 Å². The van der Waals surface area contributed by atoms with Crippen molar-refractivity contribution >= 4 is 0 Å². The minimum Gasteiger partial charge on any atom is -0.496 e. The van der Waals surface area contributed by atoms with Crippen molar-refractivity contribution in [2.45, 2.75) is 33.1 Å². The summed E-state index contributed by atoms with van der Waals surface area (Å²) in [6, 6.07) is 2.07. The first-order valence-corrected chi connectivity index (χ1v) is 5.98. The molecule has 0 heterocycles. The monoisotopic (exact) mass is 237 g/mol. The van der Waals surface area contributed by atoms with Crippen molar-refractivity contribution in [2.75, 3.05) is 20.8 Å². The van der Waals surface area contributed by atoms with E-state index in [-0.39, 0.29) is 0 Å². The van der Waals surface area contributed by atoms with Crippen molar-refractivity contribution in [1.29, 1.82) is 0 Å². The third-order valence-corrected chi connectivity index (χ3v) is 3.24. The van der Waals surface area contributed by atoms with Crippen molar-refractivity contribution in [1.82, 2.24) is 0 Å². The number of methoxy groups -OCH3 is 2. The standard InChI is InChI=1S/C14H23NO2/c1-9(6-7-15)13-10(2)8-12(16-4)11(3)14(13)17-5/h8-9H,6-7,15H2,1-5H3. The molecule has 0 bridgehead atoms. The van der Waals surface area contributed by atoms with E-state index < -0.39 is 0 Å². The van der Waals surface area contributed by atoms with Gasteiger partial charge in [-0.15, -0.1) is 0 Å². The number of benzene rings is 1. The highest BCUT2D eigenvalue weighted by Gasteiger charge is 2.18. The molecule has 0 radical (unpaired) electrons. The largest absolute Gasteiger partial charge is 0.496 e.